The van der Waals surface area contributed by atoms with Crippen LogP contribution in [0.4, 0.5) is 5.69 Å². The maximum atomic E-state index is 12.8. The van der Waals surface area contributed by atoms with E-state index in [1.807, 2.05) is 0 Å². The zero-order chi connectivity index (χ0) is 20.1. The summed E-state index contributed by atoms with van der Waals surface area (Å²) in [5.41, 5.74) is 1.11. The van der Waals surface area contributed by atoms with Crippen molar-refractivity contribution < 1.29 is 18.1 Å². The molecular formula is C19H23N3O5S. The van der Waals surface area contributed by atoms with E-state index in [1.165, 1.54) is 16.4 Å². The number of rotatable bonds is 7. The number of nitrogens with zero attached hydrogens (tertiary/aromatic N) is 3. The highest BCUT2D eigenvalue weighted by Gasteiger charge is 2.28. The molecule has 0 radical (unpaired) electrons. The summed E-state index contributed by atoms with van der Waals surface area (Å²) in [6.07, 6.45) is 0.767. The highest BCUT2D eigenvalue weighted by Crippen LogP contribution is 2.21. The van der Waals surface area contributed by atoms with Crippen molar-refractivity contribution in [3.05, 3.63) is 64.2 Å². The molecule has 0 unspecified atom stereocenters. The number of methoxy groups -OCH3 is 1. The Hall–Kier alpha value is -2.49. The fourth-order valence-electron chi connectivity index (χ4n) is 3.16. The van der Waals surface area contributed by atoms with E-state index in [1.54, 1.807) is 43.5 Å². The predicted octanol–water partition coefficient (Wildman–Crippen LogP) is 2.15. The van der Waals surface area contributed by atoms with Crippen molar-refractivity contribution in [2.45, 2.75) is 11.3 Å². The topological polar surface area (TPSA) is 93.0 Å². The Kier molecular flexibility index (Phi) is 6.28. The van der Waals surface area contributed by atoms with Gasteiger partial charge in [0.05, 0.1) is 16.9 Å². The molecule has 9 heteroatoms. The van der Waals surface area contributed by atoms with Crippen LogP contribution in [-0.4, -0.2) is 62.4 Å². The average molecular weight is 405 g/mol. The van der Waals surface area contributed by atoms with Crippen LogP contribution >= 0.6 is 0 Å². The summed E-state index contributed by atoms with van der Waals surface area (Å²) in [4.78, 5) is 12.8. The number of sulfonamides is 1. The van der Waals surface area contributed by atoms with Gasteiger partial charge in [-0.3, -0.25) is 10.1 Å². The SMILES string of the molecule is COc1ccc(S(=O)(=O)N2CCN(CCc3ccc([N+](=O)[O-])cc3)CC2)cc1. The standard InChI is InChI=1S/C19H23N3O5S/c1-27-18-6-8-19(9-7-18)28(25,26)21-14-12-20(13-15-21)11-10-16-2-4-17(5-3-16)22(23)24/h2-9H,10-15H2,1H3. The second-order valence-electron chi connectivity index (χ2n) is 6.59. The summed E-state index contributed by atoms with van der Waals surface area (Å²) in [7, 11) is -1.96. The molecule has 1 saturated heterocycles. The van der Waals surface area contributed by atoms with E-state index in [2.05, 4.69) is 4.90 Å². The molecule has 0 aromatic heterocycles. The number of nitro benzene ring substituents is 1. The van der Waals surface area contributed by atoms with Gasteiger partial charge in [0, 0.05) is 44.9 Å². The van der Waals surface area contributed by atoms with Crippen molar-refractivity contribution in [1.82, 2.24) is 9.21 Å². The smallest absolute Gasteiger partial charge is 0.269 e. The minimum atomic E-state index is -3.50. The van der Waals surface area contributed by atoms with Crippen molar-refractivity contribution in [3.63, 3.8) is 0 Å². The molecule has 3 rings (SSSR count). The van der Waals surface area contributed by atoms with Crippen LogP contribution in [0.25, 0.3) is 0 Å². The van der Waals surface area contributed by atoms with E-state index < -0.39 is 14.9 Å². The van der Waals surface area contributed by atoms with Gasteiger partial charge in [-0.25, -0.2) is 8.42 Å². The lowest BCUT2D eigenvalue weighted by atomic mass is 10.1. The maximum absolute atomic E-state index is 12.8. The third kappa shape index (κ3) is 4.67. The van der Waals surface area contributed by atoms with Gasteiger partial charge in [-0.1, -0.05) is 12.1 Å². The second kappa shape index (κ2) is 8.68. The van der Waals surface area contributed by atoms with Crippen LogP contribution in [0.15, 0.2) is 53.4 Å². The van der Waals surface area contributed by atoms with Gasteiger partial charge in [0.2, 0.25) is 10.0 Å². The van der Waals surface area contributed by atoms with E-state index in [0.29, 0.717) is 31.9 Å². The van der Waals surface area contributed by atoms with Crippen molar-refractivity contribution >= 4 is 15.7 Å². The molecule has 0 aliphatic carbocycles. The first-order valence-corrected chi connectivity index (χ1v) is 10.4. The zero-order valence-electron chi connectivity index (χ0n) is 15.7. The van der Waals surface area contributed by atoms with E-state index in [4.69, 9.17) is 4.74 Å². The van der Waals surface area contributed by atoms with Crippen molar-refractivity contribution in [3.8, 4) is 5.75 Å². The fraction of sp³-hybridized carbons (Fsp3) is 0.368. The molecule has 1 heterocycles. The molecule has 0 atom stereocenters. The number of ether oxygens (including phenoxy) is 1. The van der Waals surface area contributed by atoms with Gasteiger partial charge >= 0.3 is 0 Å². The monoisotopic (exact) mass is 405 g/mol. The van der Waals surface area contributed by atoms with Crippen molar-refractivity contribution in [1.29, 1.82) is 0 Å². The average Bonchev–Trinajstić information content (AvgIpc) is 2.73. The van der Waals surface area contributed by atoms with Crippen LogP contribution in [0.5, 0.6) is 5.75 Å². The third-order valence-electron chi connectivity index (χ3n) is 4.89. The van der Waals surface area contributed by atoms with E-state index in [-0.39, 0.29) is 10.6 Å². The Bertz CT molecular complexity index is 906. The quantitative estimate of drug-likeness (QED) is 0.518. The van der Waals surface area contributed by atoms with Gasteiger partial charge in [-0.2, -0.15) is 4.31 Å². The molecular weight excluding hydrogens is 382 g/mol. The summed E-state index contributed by atoms with van der Waals surface area (Å²) in [6, 6.07) is 13.0. The molecule has 2 aromatic rings. The first-order valence-electron chi connectivity index (χ1n) is 9.00. The molecule has 1 aliphatic rings. The number of hydrogen-bond donors (Lipinski definition) is 0. The Labute approximate surface area is 164 Å². The summed E-state index contributed by atoms with van der Waals surface area (Å²) in [5, 5.41) is 10.7. The number of benzene rings is 2. The normalized spacial score (nSPS) is 16.0. The molecule has 0 saturated carbocycles. The summed E-state index contributed by atoms with van der Waals surface area (Å²) < 4.78 is 32.1. The van der Waals surface area contributed by atoms with Crippen molar-refractivity contribution in [2.24, 2.45) is 0 Å². The number of piperazine rings is 1. The lowest BCUT2D eigenvalue weighted by Crippen LogP contribution is -2.48. The van der Waals surface area contributed by atoms with Crippen LogP contribution < -0.4 is 4.74 Å². The molecule has 0 N–H and O–H groups in total. The summed E-state index contributed by atoms with van der Waals surface area (Å²) >= 11 is 0. The van der Waals surface area contributed by atoms with Gasteiger partial charge in [-0.15, -0.1) is 0 Å². The van der Waals surface area contributed by atoms with Crippen LogP contribution in [-0.2, 0) is 16.4 Å². The Balaban J connectivity index is 1.52. The van der Waals surface area contributed by atoms with Crippen LogP contribution in [0, 0.1) is 10.1 Å². The molecule has 8 nitrogen and oxygen atoms in total. The fourth-order valence-corrected chi connectivity index (χ4v) is 4.58. The lowest BCUT2D eigenvalue weighted by Gasteiger charge is -2.34. The van der Waals surface area contributed by atoms with Gasteiger partial charge in [0.1, 0.15) is 5.75 Å². The first-order chi connectivity index (χ1) is 13.4. The maximum Gasteiger partial charge on any atom is 0.269 e. The minimum absolute atomic E-state index is 0.0844. The van der Waals surface area contributed by atoms with E-state index in [9.17, 15) is 18.5 Å². The molecule has 0 spiro atoms. The predicted molar refractivity (Wildman–Crippen MR) is 105 cm³/mol. The van der Waals surface area contributed by atoms with Gasteiger partial charge in [0.15, 0.2) is 0 Å². The largest absolute Gasteiger partial charge is 0.497 e. The van der Waals surface area contributed by atoms with Gasteiger partial charge in [0.25, 0.3) is 5.69 Å². The van der Waals surface area contributed by atoms with Gasteiger partial charge in [-0.05, 0) is 36.2 Å². The number of nitro groups is 1. The third-order valence-corrected chi connectivity index (χ3v) is 6.81. The number of hydrogen-bond acceptors (Lipinski definition) is 6. The molecule has 0 amide bonds. The second-order valence-corrected chi connectivity index (χ2v) is 8.53. The minimum Gasteiger partial charge on any atom is -0.497 e. The molecule has 0 bridgehead atoms. The summed E-state index contributed by atoms with van der Waals surface area (Å²) in [5.74, 6) is 0.620. The molecule has 150 valence electrons. The van der Waals surface area contributed by atoms with Crippen LogP contribution in [0.1, 0.15) is 5.56 Å². The Morgan fingerprint density at radius 1 is 1.00 bits per heavy atom. The number of non-ortho nitro benzene ring substituents is 1. The Morgan fingerprint density at radius 2 is 1.61 bits per heavy atom. The molecule has 2 aromatic carbocycles. The zero-order valence-corrected chi connectivity index (χ0v) is 16.5. The highest BCUT2D eigenvalue weighted by atomic mass is 32.2. The lowest BCUT2D eigenvalue weighted by molar-refractivity contribution is -0.384. The summed E-state index contributed by atoms with van der Waals surface area (Å²) in [6.45, 7) is 2.97. The first kappa shape index (κ1) is 20.2. The molecule has 1 fully saturated rings. The van der Waals surface area contributed by atoms with Crippen molar-refractivity contribution in [2.75, 3.05) is 39.8 Å². The highest BCUT2D eigenvalue weighted by molar-refractivity contribution is 7.89. The van der Waals surface area contributed by atoms with E-state index in [0.717, 1.165) is 18.5 Å². The molecule has 1 aliphatic heterocycles. The van der Waals surface area contributed by atoms with Gasteiger partial charge < -0.3 is 9.64 Å². The molecule has 28 heavy (non-hydrogen) atoms. The van der Waals surface area contributed by atoms with E-state index >= 15 is 0 Å². The Morgan fingerprint density at radius 3 is 2.14 bits per heavy atom. The van der Waals surface area contributed by atoms with Crippen LogP contribution in [0.3, 0.4) is 0 Å². The van der Waals surface area contributed by atoms with Crippen LogP contribution in [0.2, 0.25) is 0 Å².